The molecule has 4 aromatic rings. The monoisotopic (exact) mass is 413 g/mol. The molecule has 0 spiro atoms. The van der Waals surface area contributed by atoms with Gasteiger partial charge < -0.3 is 10.1 Å². The van der Waals surface area contributed by atoms with Crippen LogP contribution in [0.2, 0.25) is 5.02 Å². The third-order valence-corrected chi connectivity index (χ3v) is 5.71. The molecule has 7 heteroatoms. The first-order valence-corrected chi connectivity index (χ1v) is 9.99. The van der Waals surface area contributed by atoms with Crippen molar-refractivity contribution in [3.63, 3.8) is 0 Å². The Morgan fingerprint density at radius 3 is 2.70 bits per heavy atom. The van der Waals surface area contributed by atoms with Crippen LogP contribution in [0.1, 0.15) is 28.8 Å². The standard InChI is InChI=1S/C23H16ClN5O/c24-16-8-9-18-17(11-16)20-19(22(30-18)14-5-2-1-3-6-14)21(15-7-4-10-25-12-15)29-23(28-20)26-13-27-29/h1-13,21-22H,(H,26,27,28)/t21-,22-/m0/s1. The SMILES string of the molecule is Clc1ccc2c(c1)C1=C([C@H](c3ccccc3)O2)[C@H](c2cccnc2)n2ncnc2N1. The van der Waals surface area contributed by atoms with Crippen LogP contribution in [0, 0.1) is 0 Å². The van der Waals surface area contributed by atoms with Gasteiger partial charge in [-0.15, -0.1) is 0 Å². The molecule has 0 saturated heterocycles. The third kappa shape index (κ3) is 2.61. The lowest BCUT2D eigenvalue weighted by Gasteiger charge is -2.38. The van der Waals surface area contributed by atoms with Gasteiger partial charge in [0.2, 0.25) is 5.95 Å². The van der Waals surface area contributed by atoms with Gasteiger partial charge in [-0.25, -0.2) is 4.68 Å². The number of hydrogen-bond donors (Lipinski definition) is 1. The van der Waals surface area contributed by atoms with E-state index in [1.54, 1.807) is 12.5 Å². The van der Waals surface area contributed by atoms with Crippen LogP contribution < -0.4 is 10.1 Å². The molecule has 0 bridgehead atoms. The fourth-order valence-corrected chi connectivity index (χ4v) is 4.38. The Morgan fingerprint density at radius 1 is 1.00 bits per heavy atom. The van der Waals surface area contributed by atoms with Gasteiger partial charge in [0.1, 0.15) is 24.2 Å². The summed E-state index contributed by atoms with van der Waals surface area (Å²) in [6, 6.07) is 19.6. The minimum absolute atomic E-state index is 0.218. The van der Waals surface area contributed by atoms with Crippen molar-refractivity contribution in [2.24, 2.45) is 0 Å². The van der Waals surface area contributed by atoms with Crippen LogP contribution >= 0.6 is 11.6 Å². The molecule has 2 aliphatic rings. The van der Waals surface area contributed by atoms with Gasteiger partial charge in [0.15, 0.2) is 0 Å². The summed E-state index contributed by atoms with van der Waals surface area (Å²) in [5.41, 5.74) is 4.97. The van der Waals surface area contributed by atoms with E-state index in [1.807, 2.05) is 53.3 Å². The van der Waals surface area contributed by atoms with E-state index in [4.69, 9.17) is 16.3 Å². The van der Waals surface area contributed by atoms with Crippen LogP contribution in [-0.4, -0.2) is 19.7 Å². The minimum atomic E-state index is -0.301. The van der Waals surface area contributed by atoms with Crippen LogP contribution in [0.15, 0.2) is 85.0 Å². The number of nitrogens with one attached hydrogen (secondary N) is 1. The number of halogens is 1. The second-order valence-electron chi connectivity index (χ2n) is 7.22. The molecule has 6 rings (SSSR count). The molecule has 2 atom stereocenters. The summed E-state index contributed by atoms with van der Waals surface area (Å²) in [5.74, 6) is 1.44. The molecular formula is C23H16ClN5O. The lowest BCUT2D eigenvalue weighted by atomic mass is 9.85. The molecule has 4 heterocycles. The van der Waals surface area contributed by atoms with Crippen molar-refractivity contribution >= 4 is 23.2 Å². The van der Waals surface area contributed by atoms with E-state index < -0.39 is 0 Å². The van der Waals surface area contributed by atoms with Gasteiger partial charge in [-0.1, -0.05) is 48.0 Å². The zero-order valence-corrected chi connectivity index (χ0v) is 16.5. The summed E-state index contributed by atoms with van der Waals surface area (Å²) >= 11 is 6.34. The number of hydrogen-bond acceptors (Lipinski definition) is 5. The molecule has 1 N–H and O–H groups in total. The van der Waals surface area contributed by atoms with Crippen LogP contribution in [0.3, 0.4) is 0 Å². The summed E-state index contributed by atoms with van der Waals surface area (Å²) < 4.78 is 8.43. The summed E-state index contributed by atoms with van der Waals surface area (Å²) in [5, 5.41) is 8.63. The Kier molecular flexibility index (Phi) is 3.86. The number of aromatic nitrogens is 4. The summed E-state index contributed by atoms with van der Waals surface area (Å²) in [4.78, 5) is 8.77. The Hall–Kier alpha value is -3.64. The highest BCUT2D eigenvalue weighted by Crippen LogP contribution is 2.50. The fourth-order valence-electron chi connectivity index (χ4n) is 4.20. The highest BCUT2D eigenvalue weighted by Gasteiger charge is 2.41. The molecule has 146 valence electrons. The predicted octanol–water partition coefficient (Wildman–Crippen LogP) is 4.89. The number of pyridine rings is 1. The Morgan fingerprint density at radius 2 is 1.87 bits per heavy atom. The van der Waals surface area contributed by atoms with Gasteiger partial charge in [0.25, 0.3) is 0 Å². The number of benzene rings is 2. The van der Waals surface area contributed by atoms with Crippen molar-refractivity contribution in [2.45, 2.75) is 12.1 Å². The number of fused-ring (bicyclic) bond motifs is 3. The second kappa shape index (κ2) is 6.71. The van der Waals surface area contributed by atoms with Crippen molar-refractivity contribution in [2.75, 3.05) is 5.32 Å². The zero-order chi connectivity index (χ0) is 20.1. The van der Waals surface area contributed by atoms with Crippen LogP contribution in [0.5, 0.6) is 5.75 Å². The second-order valence-corrected chi connectivity index (χ2v) is 7.66. The lowest BCUT2D eigenvalue weighted by Crippen LogP contribution is -2.32. The van der Waals surface area contributed by atoms with E-state index in [-0.39, 0.29) is 12.1 Å². The first-order valence-electron chi connectivity index (χ1n) is 9.61. The molecule has 6 nitrogen and oxygen atoms in total. The largest absolute Gasteiger partial charge is 0.480 e. The van der Waals surface area contributed by atoms with E-state index in [9.17, 15) is 0 Å². The van der Waals surface area contributed by atoms with Gasteiger partial charge in [-0.3, -0.25) is 4.98 Å². The number of anilines is 1. The molecule has 2 aromatic heterocycles. The molecular weight excluding hydrogens is 398 g/mol. The first-order chi connectivity index (χ1) is 14.8. The van der Waals surface area contributed by atoms with Gasteiger partial charge in [0, 0.05) is 28.6 Å². The highest BCUT2D eigenvalue weighted by molar-refractivity contribution is 6.30. The maximum atomic E-state index is 6.55. The predicted molar refractivity (Wildman–Crippen MR) is 114 cm³/mol. The van der Waals surface area contributed by atoms with E-state index in [1.165, 1.54) is 0 Å². The number of ether oxygens (including phenoxy) is 1. The van der Waals surface area contributed by atoms with Crippen molar-refractivity contribution in [3.8, 4) is 5.75 Å². The molecule has 0 amide bonds. The quantitative estimate of drug-likeness (QED) is 0.507. The molecule has 30 heavy (non-hydrogen) atoms. The first kappa shape index (κ1) is 17.2. The van der Waals surface area contributed by atoms with Gasteiger partial charge in [-0.2, -0.15) is 10.1 Å². The normalized spacial score (nSPS) is 19.2. The molecule has 2 aromatic carbocycles. The third-order valence-electron chi connectivity index (χ3n) is 5.48. The fraction of sp³-hybridized carbons (Fsp3) is 0.0870. The van der Waals surface area contributed by atoms with Crippen LogP contribution in [0.4, 0.5) is 5.95 Å². The maximum absolute atomic E-state index is 6.55. The van der Waals surface area contributed by atoms with Gasteiger partial charge >= 0.3 is 0 Å². The Labute approximate surface area is 177 Å². The van der Waals surface area contributed by atoms with E-state index >= 15 is 0 Å². The molecule has 0 unspecified atom stereocenters. The van der Waals surface area contributed by atoms with Crippen molar-refractivity contribution < 1.29 is 4.74 Å². The molecule has 2 aliphatic heterocycles. The van der Waals surface area contributed by atoms with Crippen molar-refractivity contribution in [1.82, 2.24) is 19.7 Å². The highest BCUT2D eigenvalue weighted by atomic mass is 35.5. The number of rotatable bonds is 2. The van der Waals surface area contributed by atoms with Gasteiger partial charge in [-0.05, 0) is 35.4 Å². The topological polar surface area (TPSA) is 64.9 Å². The minimum Gasteiger partial charge on any atom is -0.480 e. The molecule has 0 fully saturated rings. The molecule has 0 saturated carbocycles. The van der Waals surface area contributed by atoms with Crippen LogP contribution in [-0.2, 0) is 0 Å². The summed E-state index contributed by atoms with van der Waals surface area (Å²) in [6.07, 6.45) is 4.89. The van der Waals surface area contributed by atoms with Crippen molar-refractivity contribution in [3.05, 3.63) is 107 Å². The summed E-state index contributed by atoms with van der Waals surface area (Å²) in [7, 11) is 0. The number of nitrogens with zero attached hydrogens (tertiary/aromatic N) is 4. The Bertz CT molecular complexity index is 1270. The Balaban J connectivity index is 1.65. The maximum Gasteiger partial charge on any atom is 0.226 e. The average Bonchev–Trinajstić information content (AvgIpc) is 3.27. The lowest BCUT2D eigenvalue weighted by molar-refractivity contribution is 0.223. The van der Waals surface area contributed by atoms with E-state index in [2.05, 4.69) is 38.6 Å². The van der Waals surface area contributed by atoms with E-state index in [0.717, 1.165) is 33.7 Å². The zero-order valence-electron chi connectivity index (χ0n) is 15.7. The smallest absolute Gasteiger partial charge is 0.226 e. The molecule has 0 aliphatic carbocycles. The van der Waals surface area contributed by atoms with Crippen molar-refractivity contribution in [1.29, 1.82) is 0 Å². The van der Waals surface area contributed by atoms with Gasteiger partial charge in [0.05, 0.1) is 5.70 Å². The summed E-state index contributed by atoms with van der Waals surface area (Å²) in [6.45, 7) is 0. The van der Waals surface area contributed by atoms with E-state index in [0.29, 0.717) is 11.0 Å². The average molecular weight is 414 g/mol. The molecule has 0 radical (unpaired) electrons. The van der Waals surface area contributed by atoms with Crippen LogP contribution in [0.25, 0.3) is 5.70 Å².